The SMILES string of the molecule is Cc1cccc(C)c1-c1cc(-c2c(C)cccc2C)c2c3c4c(ncc3n3c5cnc6c(c5c1c23)Oc1ccccc1C6(C)C)C(C)(C)c1ccccc1O4. The number of rotatable bonds is 2. The summed E-state index contributed by atoms with van der Waals surface area (Å²) in [5, 5.41) is 4.47. The maximum Gasteiger partial charge on any atom is 0.159 e. The fraction of sp³-hybridized carbons (Fsp3) is 0.200. The Balaban J connectivity index is 1.41. The summed E-state index contributed by atoms with van der Waals surface area (Å²) >= 11 is 0. The maximum absolute atomic E-state index is 7.04. The number of ether oxygens (including phenoxy) is 2. The van der Waals surface area contributed by atoms with Crippen molar-refractivity contribution in [2.24, 2.45) is 0 Å². The lowest BCUT2D eigenvalue weighted by Gasteiger charge is -2.34. The van der Waals surface area contributed by atoms with Crippen LogP contribution >= 0.6 is 0 Å². The van der Waals surface area contributed by atoms with Gasteiger partial charge >= 0.3 is 0 Å². The highest BCUT2D eigenvalue weighted by molar-refractivity contribution is 6.32. The van der Waals surface area contributed by atoms with Gasteiger partial charge in [-0.05, 0) is 118 Å². The average Bonchev–Trinajstić information content (AvgIpc) is 3.69. The predicted molar refractivity (Wildman–Crippen MR) is 224 cm³/mol. The van der Waals surface area contributed by atoms with Gasteiger partial charge in [0.1, 0.15) is 11.5 Å². The van der Waals surface area contributed by atoms with Crippen LogP contribution in [0.2, 0.25) is 0 Å². The Labute approximate surface area is 320 Å². The quantitative estimate of drug-likeness (QED) is 0.179. The van der Waals surface area contributed by atoms with Crippen LogP contribution in [0.4, 0.5) is 0 Å². The van der Waals surface area contributed by atoms with Crippen molar-refractivity contribution >= 4 is 38.1 Å². The molecule has 6 heterocycles. The Morgan fingerprint density at radius 3 is 1.31 bits per heavy atom. The Hall–Kier alpha value is -6.20. The molecule has 0 fully saturated rings. The summed E-state index contributed by atoms with van der Waals surface area (Å²) < 4.78 is 16.5. The number of aryl methyl sites for hydroxylation is 4. The number of para-hydroxylation sites is 2. The summed E-state index contributed by atoms with van der Waals surface area (Å²) in [5.41, 5.74) is 16.3. The fourth-order valence-corrected chi connectivity index (χ4v) is 10.1. The zero-order chi connectivity index (χ0) is 37.7. The molecule has 0 atom stereocenters. The molecule has 0 bridgehead atoms. The number of nitrogens with zero attached hydrogens (tertiary/aromatic N) is 3. The van der Waals surface area contributed by atoms with Crippen LogP contribution in [0.25, 0.3) is 60.3 Å². The third kappa shape index (κ3) is 4.03. The maximum atomic E-state index is 7.04. The van der Waals surface area contributed by atoms with E-state index in [1.165, 1.54) is 44.5 Å². The minimum atomic E-state index is -0.373. The minimum absolute atomic E-state index is 0.373. The first kappa shape index (κ1) is 32.2. The molecule has 0 radical (unpaired) electrons. The van der Waals surface area contributed by atoms with E-state index in [2.05, 4.69) is 163 Å². The second kappa shape index (κ2) is 10.7. The standard InChI is InChI=1S/C50H41N3O2/c1-26-15-13-16-27(2)38(26)30-23-31(39-28(3)17-14-18-29(39)4)41-43-35(25-52-48-46(43)55-37-22-12-10-20-33(37)50(48,7)8)53-34-24-51-47-45(42(34)40(30)44(41)53)54-36-21-11-9-19-32(36)49(47,5)6/h9-25H,1-8H3. The lowest BCUT2D eigenvalue weighted by Crippen LogP contribution is -2.26. The van der Waals surface area contributed by atoms with Crippen molar-refractivity contribution in [2.45, 2.75) is 66.2 Å². The van der Waals surface area contributed by atoms with E-state index in [9.17, 15) is 0 Å². The number of aromatic nitrogens is 3. The van der Waals surface area contributed by atoms with Crippen LogP contribution in [-0.4, -0.2) is 14.4 Å². The van der Waals surface area contributed by atoms with Crippen molar-refractivity contribution in [3.05, 3.63) is 148 Å². The monoisotopic (exact) mass is 715 g/mol. The van der Waals surface area contributed by atoms with Crippen LogP contribution in [0.5, 0.6) is 23.0 Å². The third-order valence-electron chi connectivity index (χ3n) is 12.8. The Morgan fingerprint density at radius 1 is 0.491 bits per heavy atom. The van der Waals surface area contributed by atoms with Crippen molar-refractivity contribution in [3.8, 4) is 45.3 Å². The molecule has 2 aliphatic heterocycles. The number of fused-ring (bicyclic) bond motifs is 12. The Kier molecular flexibility index (Phi) is 6.29. The summed E-state index contributed by atoms with van der Waals surface area (Å²) in [6.45, 7) is 18.0. The highest BCUT2D eigenvalue weighted by Gasteiger charge is 2.41. The largest absolute Gasteiger partial charge is 0.454 e. The Bertz CT molecular complexity index is 2900. The zero-order valence-corrected chi connectivity index (χ0v) is 32.5. The van der Waals surface area contributed by atoms with Crippen molar-refractivity contribution < 1.29 is 9.47 Å². The van der Waals surface area contributed by atoms with Gasteiger partial charge in [-0.3, -0.25) is 9.97 Å². The molecule has 0 saturated heterocycles. The molecule has 0 saturated carbocycles. The normalized spacial score (nSPS) is 15.1. The first-order valence-corrected chi connectivity index (χ1v) is 19.2. The van der Waals surface area contributed by atoms with Crippen LogP contribution in [0, 0.1) is 27.7 Å². The molecule has 5 aromatic carbocycles. The summed E-state index contributed by atoms with van der Waals surface area (Å²) in [6.07, 6.45) is 4.14. The van der Waals surface area contributed by atoms with Gasteiger partial charge in [-0.15, -0.1) is 0 Å². The smallest absolute Gasteiger partial charge is 0.159 e. The van der Waals surface area contributed by atoms with Crippen molar-refractivity contribution in [1.29, 1.82) is 0 Å². The van der Waals surface area contributed by atoms with E-state index in [4.69, 9.17) is 19.4 Å². The number of benzene rings is 5. The lowest BCUT2D eigenvalue weighted by molar-refractivity contribution is 0.414. The molecule has 5 heteroatoms. The molecule has 0 unspecified atom stereocenters. The molecule has 0 aliphatic carbocycles. The number of hydrogen-bond acceptors (Lipinski definition) is 4. The van der Waals surface area contributed by atoms with Gasteiger partial charge in [0.25, 0.3) is 0 Å². The van der Waals surface area contributed by atoms with Gasteiger partial charge in [0.2, 0.25) is 0 Å². The van der Waals surface area contributed by atoms with E-state index in [0.717, 1.165) is 83.6 Å². The molecule has 0 spiro atoms. The molecule has 2 aliphatic rings. The third-order valence-corrected chi connectivity index (χ3v) is 12.8. The van der Waals surface area contributed by atoms with E-state index in [1.807, 2.05) is 0 Å². The van der Waals surface area contributed by atoms with Crippen LogP contribution < -0.4 is 9.47 Å². The minimum Gasteiger partial charge on any atom is -0.454 e. The molecule has 9 aromatic rings. The first-order valence-electron chi connectivity index (χ1n) is 19.2. The number of hydrogen-bond donors (Lipinski definition) is 0. The predicted octanol–water partition coefficient (Wildman–Crippen LogP) is 13.1. The highest BCUT2D eigenvalue weighted by atomic mass is 16.5. The first-order chi connectivity index (χ1) is 26.5. The second-order valence-corrected chi connectivity index (χ2v) is 16.8. The average molecular weight is 716 g/mol. The summed E-state index contributed by atoms with van der Waals surface area (Å²) in [6, 6.07) is 32.5. The highest BCUT2D eigenvalue weighted by Crippen LogP contribution is 2.58. The van der Waals surface area contributed by atoms with Gasteiger partial charge in [0.05, 0.1) is 51.1 Å². The van der Waals surface area contributed by atoms with E-state index < -0.39 is 0 Å². The van der Waals surface area contributed by atoms with Crippen molar-refractivity contribution in [1.82, 2.24) is 14.4 Å². The Morgan fingerprint density at radius 2 is 0.891 bits per heavy atom. The zero-order valence-electron chi connectivity index (χ0n) is 32.5. The van der Waals surface area contributed by atoms with Gasteiger partial charge in [0.15, 0.2) is 11.5 Å². The molecule has 268 valence electrons. The summed E-state index contributed by atoms with van der Waals surface area (Å²) in [7, 11) is 0. The summed E-state index contributed by atoms with van der Waals surface area (Å²) in [5.74, 6) is 3.39. The molecular weight excluding hydrogens is 675 g/mol. The topological polar surface area (TPSA) is 48.7 Å². The molecule has 0 N–H and O–H groups in total. The van der Waals surface area contributed by atoms with E-state index >= 15 is 0 Å². The van der Waals surface area contributed by atoms with Gasteiger partial charge in [-0.2, -0.15) is 0 Å². The molecular formula is C50H41N3O2. The van der Waals surface area contributed by atoms with Crippen molar-refractivity contribution in [3.63, 3.8) is 0 Å². The van der Waals surface area contributed by atoms with Gasteiger partial charge in [-0.1, -0.05) is 72.8 Å². The fourth-order valence-electron chi connectivity index (χ4n) is 10.1. The van der Waals surface area contributed by atoms with E-state index in [0.29, 0.717) is 0 Å². The van der Waals surface area contributed by atoms with Gasteiger partial charge in [-0.25, -0.2) is 0 Å². The second-order valence-electron chi connectivity index (χ2n) is 16.8. The molecule has 11 rings (SSSR count). The van der Waals surface area contributed by atoms with Crippen LogP contribution in [0.3, 0.4) is 0 Å². The van der Waals surface area contributed by atoms with Gasteiger partial charge < -0.3 is 13.9 Å². The van der Waals surface area contributed by atoms with Gasteiger partial charge in [0, 0.05) is 32.7 Å². The molecule has 55 heavy (non-hydrogen) atoms. The summed E-state index contributed by atoms with van der Waals surface area (Å²) in [4.78, 5) is 10.6. The van der Waals surface area contributed by atoms with Crippen LogP contribution in [0.15, 0.2) is 103 Å². The van der Waals surface area contributed by atoms with Crippen LogP contribution in [-0.2, 0) is 10.8 Å². The van der Waals surface area contributed by atoms with E-state index in [-0.39, 0.29) is 10.8 Å². The number of pyridine rings is 2. The van der Waals surface area contributed by atoms with E-state index in [1.54, 1.807) is 0 Å². The molecule has 0 amide bonds. The van der Waals surface area contributed by atoms with Crippen LogP contribution in [0.1, 0.15) is 72.5 Å². The van der Waals surface area contributed by atoms with Crippen molar-refractivity contribution in [2.75, 3.05) is 0 Å². The molecule has 5 nitrogen and oxygen atoms in total. The lowest BCUT2D eigenvalue weighted by atomic mass is 9.77. The molecule has 4 aromatic heterocycles.